The van der Waals surface area contributed by atoms with Crippen LogP contribution in [-0.2, 0) is 4.74 Å². The van der Waals surface area contributed by atoms with Gasteiger partial charge in [-0.1, -0.05) is 0 Å². The Labute approximate surface area is 187 Å². The lowest BCUT2D eigenvalue weighted by Crippen LogP contribution is -2.58. The van der Waals surface area contributed by atoms with Gasteiger partial charge >= 0.3 is 0 Å². The van der Waals surface area contributed by atoms with E-state index < -0.39 is 47.6 Å². The highest BCUT2D eigenvalue weighted by atomic mass is 16.7. The first-order chi connectivity index (χ1) is 15.5. The van der Waals surface area contributed by atoms with Crippen molar-refractivity contribution in [3.63, 3.8) is 0 Å². The van der Waals surface area contributed by atoms with E-state index in [1.165, 1.54) is 45.0 Å². The number of rotatable bonds is 3. The largest absolute Gasteiger partial charge is 0.508 e. The summed E-state index contributed by atoms with van der Waals surface area (Å²) in [5.41, 5.74) is -0.307. The number of benzene rings is 2. The van der Waals surface area contributed by atoms with E-state index in [2.05, 4.69) is 0 Å². The monoisotopic (exact) mass is 460 g/mol. The van der Waals surface area contributed by atoms with Crippen LogP contribution in [0.4, 0.5) is 0 Å². The Morgan fingerprint density at radius 2 is 1.52 bits per heavy atom. The number of aliphatic hydroxyl groups is 3. The normalized spacial score (nSPS) is 25.3. The van der Waals surface area contributed by atoms with Crippen LogP contribution in [0.5, 0.6) is 23.0 Å². The van der Waals surface area contributed by atoms with Gasteiger partial charge in [0.15, 0.2) is 5.76 Å². The SMILES string of the molecule is Cc1c(O)c(C)c2oc(-c3ccc(O)cc3)c(O[C@@H]3O[C@H](C)[C@@H](O)[C@H](O)[C@@H]3O)c(=O)c2c1O. The number of ether oxygens (including phenoxy) is 2. The topological polar surface area (TPSA) is 170 Å². The van der Waals surface area contributed by atoms with Crippen molar-refractivity contribution in [1.29, 1.82) is 0 Å². The third kappa shape index (κ3) is 3.66. The van der Waals surface area contributed by atoms with E-state index in [9.17, 15) is 35.4 Å². The third-order valence-electron chi connectivity index (χ3n) is 5.89. The van der Waals surface area contributed by atoms with Gasteiger partial charge in [0, 0.05) is 16.7 Å². The molecular formula is C23H24O10. The zero-order chi connectivity index (χ0) is 24.2. The van der Waals surface area contributed by atoms with Crippen molar-refractivity contribution < 1.29 is 44.5 Å². The minimum Gasteiger partial charge on any atom is -0.508 e. The summed E-state index contributed by atoms with van der Waals surface area (Å²) in [4.78, 5) is 13.5. The predicted molar refractivity (Wildman–Crippen MR) is 115 cm³/mol. The molecule has 1 fully saturated rings. The average molecular weight is 460 g/mol. The Balaban J connectivity index is 1.97. The minimum atomic E-state index is -1.70. The molecule has 0 aliphatic carbocycles. The first kappa shape index (κ1) is 22.9. The Morgan fingerprint density at radius 3 is 2.15 bits per heavy atom. The molecule has 1 aromatic heterocycles. The zero-order valence-corrected chi connectivity index (χ0v) is 18.0. The molecule has 6 N–H and O–H groups in total. The molecule has 0 saturated carbocycles. The maximum atomic E-state index is 13.5. The van der Waals surface area contributed by atoms with Crippen LogP contribution in [0.15, 0.2) is 33.5 Å². The second kappa shape index (κ2) is 8.23. The van der Waals surface area contributed by atoms with E-state index in [4.69, 9.17) is 13.9 Å². The molecule has 10 heteroatoms. The number of phenols is 3. The van der Waals surface area contributed by atoms with Crippen LogP contribution in [0, 0.1) is 13.8 Å². The molecule has 4 rings (SSSR count). The van der Waals surface area contributed by atoms with E-state index in [1.807, 2.05) is 0 Å². The molecule has 1 aliphatic heterocycles. The Bertz CT molecular complexity index is 1260. The number of phenolic OH excluding ortho intramolecular Hbond substituents is 3. The Kier molecular flexibility index (Phi) is 5.71. The van der Waals surface area contributed by atoms with Crippen LogP contribution in [0.2, 0.25) is 0 Å². The van der Waals surface area contributed by atoms with Gasteiger partial charge in [-0.05, 0) is 45.0 Å². The van der Waals surface area contributed by atoms with Gasteiger partial charge in [-0.2, -0.15) is 0 Å². The molecule has 33 heavy (non-hydrogen) atoms. The maximum Gasteiger partial charge on any atom is 0.239 e. The molecule has 10 nitrogen and oxygen atoms in total. The van der Waals surface area contributed by atoms with Crippen LogP contribution in [-0.4, -0.2) is 61.3 Å². The van der Waals surface area contributed by atoms with E-state index in [-0.39, 0.29) is 39.4 Å². The molecule has 2 heterocycles. The number of aryl methyl sites for hydroxylation is 1. The summed E-state index contributed by atoms with van der Waals surface area (Å²) in [5, 5.41) is 60.7. The second-order valence-electron chi connectivity index (χ2n) is 8.09. The molecule has 1 aliphatic rings. The van der Waals surface area contributed by atoms with E-state index in [0.717, 1.165) is 0 Å². The van der Waals surface area contributed by atoms with Crippen molar-refractivity contribution in [3.05, 3.63) is 45.6 Å². The van der Waals surface area contributed by atoms with Gasteiger partial charge in [0.1, 0.15) is 46.5 Å². The molecule has 1 saturated heterocycles. The second-order valence-corrected chi connectivity index (χ2v) is 8.09. The summed E-state index contributed by atoms with van der Waals surface area (Å²) in [6.07, 6.45) is -7.14. The molecule has 3 aromatic rings. The van der Waals surface area contributed by atoms with Gasteiger partial charge < -0.3 is 44.5 Å². The first-order valence-corrected chi connectivity index (χ1v) is 10.2. The smallest absolute Gasteiger partial charge is 0.239 e. The Morgan fingerprint density at radius 1 is 0.879 bits per heavy atom. The van der Waals surface area contributed by atoms with Crippen molar-refractivity contribution >= 4 is 11.0 Å². The Hall–Kier alpha value is -3.31. The molecule has 0 radical (unpaired) electrons. The molecule has 0 amide bonds. The van der Waals surface area contributed by atoms with Gasteiger partial charge in [-0.15, -0.1) is 0 Å². The van der Waals surface area contributed by atoms with Crippen molar-refractivity contribution in [3.8, 4) is 34.3 Å². The van der Waals surface area contributed by atoms with Crippen LogP contribution in [0.1, 0.15) is 18.1 Å². The highest BCUT2D eigenvalue weighted by Crippen LogP contribution is 2.41. The summed E-state index contributed by atoms with van der Waals surface area (Å²) < 4.78 is 17.1. The first-order valence-electron chi connectivity index (χ1n) is 10.2. The van der Waals surface area contributed by atoms with E-state index in [0.29, 0.717) is 5.56 Å². The number of aromatic hydroxyl groups is 3. The molecule has 0 bridgehead atoms. The number of hydrogen-bond acceptors (Lipinski definition) is 10. The van der Waals surface area contributed by atoms with Crippen molar-refractivity contribution in [1.82, 2.24) is 0 Å². The fourth-order valence-corrected chi connectivity index (χ4v) is 3.82. The minimum absolute atomic E-state index is 0.0385. The van der Waals surface area contributed by atoms with Crippen molar-refractivity contribution in [2.45, 2.75) is 51.5 Å². The zero-order valence-electron chi connectivity index (χ0n) is 18.0. The summed E-state index contributed by atoms with van der Waals surface area (Å²) in [6, 6.07) is 5.62. The highest BCUT2D eigenvalue weighted by Gasteiger charge is 2.44. The molecule has 2 aromatic carbocycles. The number of fused-ring (bicyclic) bond motifs is 1. The fourth-order valence-electron chi connectivity index (χ4n) is 3.82. The number of hydrogen-bond donors (Lipinski definition) is 6. The maximum absolute atomic E-state index is 13.5. The van der Waals surface area contributed by atoms with Crippen LogP contribution >= 0.6 is 0 Å². The van der Waals surface area contributed by atoms with Crippen LogP contribution in [0.3, 0.4) is 0 Å². The summed E-state index contributed by atoms with van der Waals surface area (Å²) in [6.45, 7) is 4.40. The number of aliphatic hydroxyl groups excluding tert-OH is 3. The third-order valence-corrected chi connectivity index (χ3v) is 5.89. The molecule has 0 unspecified atom stereocenters. The van der Waals surface area contributed by atoms with Crippen LogP contribution < -0.4 is 10.2 Å². The predicted octanol–water partition coefficient (Wildman–Crippen LogP) is 1.40. The van der Waals surface area contributed by atoms with E-state index in [1.54, 1.807) is 0 Å². The summed E-state index contributed by atoms with van der Waals surface area (Å²) in [5.74, 6) is -1.35. The summed E-state index contributed by atoms with van der Waals surface area (Å²) in [7, 11) is 0. The van der Waals surface area contributed by atoms with Crippen molar-refractivity contribution in [2.75, 3.05) is 0 Å². The molecule has 0 spiro atoms. The van der Waals surface area contributed by atoms with Gasteiger partial charge in [0.2, 0.25) is 17.5 Å². The van der Waals surface area contributed by atoms with Gasteiger partial charge in [0.05, 0.1) is 6.10 Å². The highest BCUT2D eigenvalue weighted by molar-refractivity contribution is 5.92. The lowest BCUT2D eigenvalue weighted by Gasteiger charge is -2.38. The van der Waals surface area contributed by atoms with Gasteiger partial charge in [0.25, 0.3) is 0 Å². The van der Waals surface area contributed by atoms with E-state index >= 15 is 0 Å². The lowest BCUT2D eigenvalue weighted by atomic mass is 10.00. The van der Waals surface area contributed by atoms with Gasteiger partial charge in [-0.3, -0.25) is 4.79 Å². The summed E-state index contributed by atoms with van der Waals surface area (Å²) >= 11 is 0. The van der Waals surface area contributed by atoms with Crippen LogP contribution in [0.25, 0.3) is 22.3 Å². The molecule has 176 valence electrons. The van der Waals surface area contributed by atoms with Crippen molar-refractivity contribution in [2.24, 2.45) is 0 Å². The average Bonchev–Trinajstić information content (AvgIpc) is 2.79. The van der Waals surface area contributed by atoms with Gasteiger partial charge in [-0.25, -0.2) is 0 Å². The standard InChI is InChI=1S/C23H24O10/c1-8-14(25)9(2)20-13(15(8)26)17(28)22(21(32-20)11-4-6-12(24)7-5-11)33-23-19(30)18(29)16(27)10(3)31-23/h4-7,10,16,18-19,23-27,29-30H,1-3H3/t10-,16-,18+,19+,23+/m1/s1. The molecule has 5 atom stereocenters. The fraction of sp³-hybridized carbons (Fsp3) is 0.348. The molecular weight excluding hydrogens is 436 g/mol. The quantitative estimate of drug-likeness (QED) is 0.336. The lowest BCUT2D eigenvalue weighted by molar-refractivity contribution is -0.268.